The fraction of sp³-hybridized carbons (Fsp3) is 0.188. The van der Waals surface area contributed by atoms with Crippen LogP contribution in [0.1, 0.15) is 5.56 Å². The van der Waals surface area contributed by atoms with E-state index in [-0.39, 0.29) is 28.8 Å². The third kappa shape index (κ3) is 4.02. The summed E-state index contributed by atoms with van der Waals surface area (Å²) < 4.78 is 10.5. The van der Waals surface area contributed by atoms with Crippen LogP contribution in [-0.2, 0) is 9.59 Å². The molecule has 0 atom stereocenters. The van der Waals surface area contributed by atoms with Gasteiger partial charge in [0, 0.05) is 0 Å². The van der Waals surface area contributed by atoms with E-state index in [0.717, 1.165) is 0 Å². The molecule has 1 aromatic carbocycles. The number of urea groups is 1. The molecule has 1 fully saturated rings. The number of carbonyl (C=O) groups is 3. The van der Waals surface area contributed by atoms with E-state index >= 15 is 0 Å². The molecule has 9 heteroatoms. The Bertz CT molecular complexity index is 812. The van der Waals surface area contributed by atoms with E-state index in [4.69, 9.17) is 32.6 Å². The summed E-state index contributed by atoms with van der Waals surface area (Å²) >= 11 is 6.13. The molecule has 0 saturated carbocycles. The van der Waals surface area contributed by atoms with Crippen LogP contribution in [0.2, 0.25) is 5.02 Å². The van der Waals surface area contributed by atoms with Crippen LogP contribution in [0.4, 0.5) is 4.79 Å². The van der Waals surface area contributed by atoms with Gasteiger partial charge in [-0.05, 0) is 23.8 Å². The van der Waals surface area contributed by atoms with Gasteiger partial charge in [0.25, 0.3) is 5.91 Å². The number of methoxy groups -OCH3 is 1. The lowest BCUT2D eigenvalue weighted by Gasteiger charge is -2.11. The second-order valence-corrected chi connectivity index (χ2v) is 5.21. The summed E-state index contributed by atoms with van der Waals surface area (Å²) in [5.41, 5.74) is 0.359. The van der Waals surface area contributed by atoms with Crippen LogP contribution >= 0.6 is 11.6 Å². The van der Waals surface area contributed by atoms with Crippen molar-refractivity contribution in [1.82, 2.24) is 10.2 Å². The number of benzene rings is 1. The standard InChI is InChI=1S/C16H13ClN2O6/c1-3-4-25-14-10(17)5-9(7-12(14)24-2)6-11-15(22)19(8-13(20)21)16(23)18-11/h1,5-7H,4,8H2,2H3,(H,18,23)(H,20,21)/b11-6+. The lowest BCUT2D eigenvalue weighted by atomic mass is 10.1. The first kappa shape index (κ1) is 18.2. The molecule has 1 heterocycles. The van der Waals surface area contributed by atoms with Crippen LogP contribution in [0.15, 0.2) is 17.8 Å². The predicted octanol–water partition coefficient (Wildman–Crippen LogP) is 1.34. The quantitative estimate of drug-likeness (QED) is 0.448. The van der Waals surface area contributed by atoms with Crippen LogP contribution < -0.4 is 14.8 Å². The van der Waals surface area contributed by atoms with Crippen LogP contribution in [-0.4, -0.2) is 48.2 Å². The molecular weight excluding hydrogens is 352 g/mol. The molecule has 1 aliphatic rings. The van der Waals surface area contributed by atoms with Crippen molar-refractivity contribution in [3.8, 4) is 23.8 Å². The molecule has 0 aromatic heterocycles. The monoisotopic (exact) mass is 364 g/mol. The number of rotatable bonds is 6. The number of aliphatic carboxylic acids is 1. The summed E-state index contributed by atoms with van der Waals surface area (Å²) in [6.45, 7) is -0.736. The minimum absolute atomic E-state index is 0.00475. The van der Waals surface area contributed by atoms with Gasteiger partial charge in [-0.15, -0.1) is 6.42 Å². The van der Waals surface area contributed by atoms with E-state index in [1.807, 2.05) is 0 Å². The van der Waals surface area contributed by atoms with E-state index < -0.39 is 24.5 Å². The molecule has 0 unspecified atom stereocenters. The van der Waals surface area contributed by atoms with Crippen LogP contribution in [0.5, 0.6) is 11.5 Å². The van der Waals surface area contributed by atoms with Gasteiger partial charge in [-0.25, -0.2) is 9.69 Å². The first-order valence-electron chi connectivity index (χ1n) is 6.87. The summed E-state index contributed by atoms with van der Waals surface area (Å²) in [6.07, 6.45) is 6.49. The van der Waals surface area contributed by atoms with E-state index in [1.54, 1.807) is 0 Å². The first-order valence-corrected chi connectivity index (χ1v) is 7.25. The van der Waals surface area contributed by atoms with Gasteiger partial charge in [0.05, 0.1) is 12.1 Å². The second-order valence-electron chi connectivity index (χ2n) is 4.80. The topological polar surface area (TPSA) is 105 Å². The highest BCUT2D eigenvalue weighted by atomic mass is 35.5. The van der Waals surface area contributed by atoms with Gasteiger partial charge >= 0.3 is 12.0 Å². The zero-order valence-electron chi connectivity index (χ0n) is 13.0. The van der Waals surface area contributed by atoms with Crippen molar-refractivity contribution in [2.24, 2.45) is 0 Å². The number of carboxylic acid groups (broad SMARTS) is 1. The molecule has 0 radical (unpaired) electrons. The van der Waals surface area contributed by atoms with E-state index in [0.29, 0.717) is 10.5 Å². The van der Waals surface area contributed by atoms with Crippen molar-refractivity contribution in [3.05, 3.63) is 28.4 Å². The number of nitrogens with zero attached hydrogens (tertiary/aromatic N) is 1. The van der Waals surface area contributed by atoms with Crippen molar-refractivity contribution in [2.45, 2.75) is 0 Å². The lowest BCUT2D eigenvalue weighted by Crippen LogP contribution is -2.35. The third-order valence-electron chi connectivity index (χ3n) is 3.12. The van der Waals surface area contributed by atoms with Crippen molar-refractivity contribution < 1.29 is 29.0 Å². The number of halogens is 1. The maximum atomic E-state index is 12.1. The highest BCUT2D eigenvalue weighted by Gasteiger charge is 2.34. The molecular formula is C16H13ClN2O6. The molecule has 0 aliphatic carbocycles. The Balaban J connectivity index is 2.34. The minimum Gasteiger partial charge on any atom is -0.493 e. The number of nitrogens with one attached hydrogen (secondary N) is 1. The molecule has 2 N–H and O–H groups in total. The fourth-order valence-corrected chi connectivity index (χ4v) is 2.37. The number of amides is 3. The zero-order chi connectivity index (χ0) is 18.6. The van der Waals surface area contributed by atoms with Crippen LogP contribution in [0, 0.1) is 12.3 Å². The molecule has 0 bridgehead atoms. The second kappa shape index (κ2) is 7.59. The summed E-state index contributed by atoms with van der Waals surface area (Å²) in [6, 6.07) is 2.21. The SMILES string of the molecule is C#CCOc1c(Cl)cc(/C=C2/NC(=O)N(CC(=O)O)C2=O)cc1OC. The van der Waals surface area contributed by atoms with E-state index in [2.05, 4.69) is 11.2 Å². The van der Waals surface area contributed by atoms with Gasteiger partial charge in [0.1, 0.15) is 18.8 Å². The highest BCUT2D eigenvalue weighted by Crippen LogP contribution is 2.37. The number of hydrogen-bond acceptors (Lipinski definition) is 5. The normalized spacial score (nSPS) is 15.1. The predicted molar refractivity (Wildman–Crippen MR) is 88.2 cm³/mol. The number of carbonyl (C=O) groups excluding carboxylic acids is 2. The molecule has 1 saturated heterocycles. The molecule has 2 rings (SSSR count). The maximum Gasteiger partial charge on any atom is 0.329 e. The highest BCUT2D eigenvalue weighted by molar-refractivity contribution is 6.32. The molecule has 8 nitrogen and oxygen atoms in total. The molecule has 3 amide bonds. The smallest absolute Gasteiger partial charge is 0.329 e. The molecule has 25 heavy (non-hydrogen) atoms. The van der Waals surface area contributed by atoms with E-state index in [1.165, 1.54) is 25.3 Å². The van der Waals surface area contributed by atoms with Gasteiger partial charge in [0.15, 0.2) is 11.5 Å². The van der Waals surface area contributed by atoms with E-state index in [9.17, 15) is 14.4 Å². The Morgan fingerprint density at radius 2 is 2.20 bits per heavy atom. The van der Waals surface area contributed by atoms with Crippen molar-refractivity contribution >= 4 is 35.6 Å². The van der Waals surface area contributed by atoms with Gasteiger partial charge < -0.3 is 19.9 Å². The Kier molecular flexibility index (Phi) is 5.52. The van der Waals surface area contributed by atoms with Gasteiger partial charge in [0.2, 0.25) is 0 Å². The maximum absolute atomic E-state index is 12.1. The first-order chi connectivity index (χ1) is 11.9. The Morgan fingerprint density at radius 1 is 1.48 bits per heavy atom. The number of ether oxygens (including phenoxy) is 2. The van der Waals surface area contributed by atoms with Gasteiger partial charge in [-0.2, -0.15) is 0 Å². The van der Waals surface area contributed by atoms with Gasteiger partial charge in [-0.1, -0.05) is 17.5 Å². The van der Waals surface area contributed by atoms with Crippen molar-refractivity contribution in [2.75, 3.05) is 20.3 Å². The third-order valence-corrected chi connectivity index (χ3v) is 3.40. The zero-order valence-corrected chi connectivity index (χ0v) is 13.8. The molecule has 130 valence electrons. The number of terminal acetylenes is 1. The van der Waals surface area contributed by atoms with Crippen molar-refractivity contribution in [3.63, 3.8) is 0 Å². The summed E-state index contributed by atoms with van der Waals surface area (Å²) in [5.74, 6) is 0.784. The molecule has 1 aromatic rings. The summed E-state index contributed by atoms with van der Waals surface area (Å²) in [7, 11) is 1.41. The Morgan fingerprint density at radius 3 is 2.80 bits per heavy atom. The largest absolute Gasteiger partial charge is 0.493 e. The summed E-state index contributed by atoms with van der Waals surface area (Å²) in [5, 5.41) is 11.2. The number of carboxylic acids is 1. The average Bonchev–Trinajstić information content (AvgIpc) is 2.80. The summed E-state index contributed by atoms with van der Waals surface area (Å²) in [4.78, 5) is 35.1. The minimum atomic E-state index is -1.30. The average molecular weight is 365 g/mol. The van der Waals surface area contributed by atoms with Gasteiger partial charge in [-0.3, -0.25) is 9.59 Å². The Labute approximate surface area is 148 Å². The fourth-order valence-electron chi connectivity index (χ4n) is 2.09. The van der Waals surface area contributed by atoms with Crippen LogP contribution in [0.25, 0.3) is 6.08 Å². The lowest BCUT2D eigenvalue weighted by molar-refractivity contribution is -0.140. The molecule has 1 aliphatic heterocycles. The van der Waals surface area contributed by atoms with Crippen LogP contribution in [0.3, 0.4) is 0 Å². The Hall–Kier alpha value is -3.18. The van der Waals surface area contributed by atoms with Crippen molar-refractivity contribution in [1.29, 1.82) is 0 Å². The number of imide groups is 1. The number of hydrogen-bond donors (Lipinski definition) is 2. The molecule has 0 spiro atoms.